The highest BCUT2D eigenvalue weighted by Gasteiger charge is 2.38. The summed E-state index contributed by atoms with van der Waals surface area (Å²) in [5.41, 5.74) is 0. The number of rotatable bonds is 8. The lowest BCUT2D eigenvalue weighted by Gasteiger charge is -2.33. The molecule has 0 radical (unpaired) electrons. The Morgan fingerprint density at radius 1 is 1.59 bits per heavy atom. The zero-order chi connectivity index (χ0) is 12.8. The van der Waals surface area contributed by atoms with Gasteiger partial charge in [-0.25, -0.2) is 0 Å². The molecule has 0 aromatic heterocycles. The molecule has 1 rings (SSSR count). The van der Waals surface area contributed by atoms with Gasteiger partial charge in [-0.1, -0.05) is 6.92 Å². The average Bonchev–Trinajstić information content (AvgIpc) is 2.33. The zero-order valence-electron chi connectivity index (χ0n) is 10.3. The summed E-state index contributed by atoms with van der Waals surface area (Å²) < 4.78 is 9.76. The van der Waals surface area contributed by atoms with Crippen LogP contribution in [0.3, 0.4) is 0 Å². The maximum absolute atomic E-state index is 10.9. The van der Waals surface area contributed by atoms with E-state index < -0.39 is 6.10 Å². The van der Waals surface area contributed by atoms with E-state index in [9.17, 15) is 14.7 Å². The monoisotopic (exact) mass is 244 g/mol. The molecule has 1 N–H and O–H groups in total. The maximum atomic E-state index is 10.9. The van der Waals surface area contributed by atoms with Crippen molar-refractivity contribution in [1.29, 1.82) is 0 Å². The van der Waals surface area contributed by atoms with Gasteiger partial charge in [-0.15, -0.1) is 0 Å². The Morgan fingerprint density at radius 3 is 2.76 bits per heavy atom. The van der Waals surface area contributed by atoms with Crippen LogP contribution in [0.5, 0.6) is 0 Å². The molecular formula is C12H20O5. The summed E-state index contributed by atoms with van der Waals surface area (Å²) in [5, 5.41) is 9.76. The van der Waals surface area contributed by atoms with Crippen molar-refractivity contribution in [3.05, 3.63) is 0 Å². The number of carbonyl (C=O) groups excluding carboxylic acids is 2. The molecule has 0 aliphatic carbocycles. The van der Waals surface area contributed by atoms with E-state index in [0.29, 0.717) is 32.2 Å². The van der Waals surface area contributed by atoms with Gasteiger partial charge >= 0.3 is 5.97 Å². The van der Waals surface area contributed by atoms with Gasteiger partial charge in [0, 0.05) is 6.42 Å². The summed E-state index contributed by atoms with van der Waals surface area (Å²) >= 11 is 0. The fourth-order valence-electron chi connectivity index (χ4n) is 1.92. The predicted molar refractivity (Wildman–Crippen MR) is 60.1 cm³/mol. The van der Waals surface area contributed by atoms with E-state index in [2.05, 4.69) is 0 Å². The van der Waals surface area contributed by atoms with Crippen LogP contribution in [0, 0.1) is 5.92 Å². The molecule has 4 atom stereocenters. The third-order valence-electron chi connectivity index (χ3n) is 3.22. The molecular weight excluding hydrogens is 224 g/mol. The lowest BCUT2D eigenvalue weighted by molar-refractivity contribution is -0.183. The van der Waals surface area contributed by atoms with Gasteiger partial charge in [0.05, 0.1) is 12.0 Å². The first-order valence-electron chi connectivity index (χ1n) is 6.06. The van der Waals surface area contributed by atoms with Crippen molar-refractivity contribution in [3.63, 3.8) is 0 Å². The van der Waals surface area contributed by atoms with Crippen molar-refractivity contribution in [2.45, 2.75) is 57.8 Å². The SMILES string of the molecule is CCC(CC(O)CCC1OC(=O)C1C)OC=O. The molecule has 1 fully saturated rings. The van der Waals surface area contributed by atoms with Gasteiger partial charge in [0.1, 0.15) is 12.2 Å². The van der Waals surface area contributed by atoms with Crippen molar-refractivity contribution >= 4 is 12.4 Å². The number of esters is 1. The molecule has 98 valence electrons. The molecule has 0 spiro atoms. The second kappa shape index (κ2) is 6.59. The van der Waals surface area contributed by atoms with E-state index in [1.807, 2.05) is 13.8 Å². The topological polar surface area (TPSA) is 72.8 Å². The lowest BCUT2D eigenvalue weighted by Crippen LogP contribution is -2.43. The van der Waals surface area contributed by atoms with Crippen molar-refractivity contribution < 1.29 is 24.2 Å². The largest absolute Gasteiger partial charge is 0.464 e. The van der Waals surface area contributed by atoms with E-state index in [4.69, 9.17) is 9.47 Å². The number of hydrogen-bond acceptors (Lipinski definition) is 5. The van der Waals surface area contributed by atoms with Crippen LogP contribution in [0.25, 0.3) is 0 Å². The average molecular weight is 244 g/mol. The molecule has 4 unspecified atom stereocenters. The third-order valence-corrected chi connectivity index (χ3v) is 3.22. The van der Waals surface area contributed by atoms with E-state index in [0.717, 1.165) is 0 Å². The number of cyclic esters (lactones) is 1. The van der Waals surface area contributed by atoms with Crippen molar-refractivity contribution in [2.24, 2.45) is 5.92 Å². The Balaban J connectivity index is 2.18. The highest BCUT2D eigenvalue weighted by molar-refractivity contribution is 5.77. The molecule has 5 heteroatoms. The summed E-state index contributed by atoms with van der Waals surface area (Å²) in [7, 11) is 0. The van der Waals surface area contributed by atoms with Crippen molar-refractivity contribution in [1.82, 2.24) is 0 Å². The number of carbonyl (C=O) groups is 2. The molecule has 0 aromatic carbocycles. The molecule has 0 amide bonds. The molecule has 1 aliphatic rings. The first kappa shape index (κ1) is 14.0. The van der Waals surface area contributed by atoms with Crippen LogP contribution in [0.2, 0.25) is 0 Å². The molecule has 0 aromatic rings. The van der Waals surface area contributed by atoms with Gasteiger partial charge in [-0.2, -0.15) is 0 Å². The lowest BCUT2D eigenvalue weighted by atomic mass is 9.93. The van der Waals surface area contributed by atoms with E-state index in [1.165, 1.54) is 0 Å². The van der Waals surface area contributed by atoms with Crippen molar-refractivity contribution in [2.75, 3.05) is 0 Å². The van der Waals surface area contributed by atoms with Crippen LogP contribution in [-0.2, 0) is 19.1 Å². The second-order valence-electron chi connectivity index (χ2n) is 4.49. The van der Waals surface area contributed by atoms with Gasteiger partial charge < -0.3 is 14.6 Å². The standard InChI is InChI=1S/C12H20O5/c1-3-10(16-7-13)6-9(14)4-5-11-8(2)12(15)17-11/h7-11,14H,3-6H2,1-2H3. The van der Waals surface area contributed by atoms with E-state index in [1.54, 1.807) is 0 Å². The Kier molecular flexibility index (Phi) is 5.41. The fourth-order valence-corrected chi connectivity index (χ4v) is 1.92. The molecule has 17 heavy (non-hydrogen) atoms. The molecule has 0 bridgehead atoms. The minimum Gasteiger partial charge on any atom is -0.464 e. The van der Waals surface area contributed by atoms with Gasteiger partial charge in [0.25, 0.3) is 6.47 Å². The first-order chi connectivity index (χ1) is 8.08. The summed E-state index contributed by atoms with van der Waals surface area (Å²) in [5.74, 6) is -0.226. The van der Waals surface area contributed by atoms with E-state index >= 15 is 0 Å². The Bertz CT molecular complexity index is 266. The second-order valence-corrected chi connectivity index (χ2v) is 4.49. The summed E-state index contributed by atoms with van der Waals surface area (Å²) in [4.78, 5) is 21.0. The Labute approximate surface area is 101 Å². The van der Waals surface area contributed by atoms with Gasteiger partial charge in [-0.3, -0.25) is 9.59 Å². The minimum atomic E-state index is -0.522. The van der Waals surface area contributed by atoms with Crippen LogP contribution in [0.15, 0.2) is 0 Å². The number of aliphatic hydroxyl groups excluding tert-OH is 1. The molecule has 1 heterocycles. The normalized spacial score (nSPS) is 26.6. The number of aliphatic hydroxyl groups is 1. The van der Waals surface area contributed by atoms with E-state index in [-0.39, 0.29) is 24.1 Å². The van der Waals surface area contributed by atoms with Crippen LogP contribution in [-0.4, -0.2) is 35.9 Å². The fraction of sp³-hybridized carbons (Fsp3) is 0.833. The Morgan fingerprint density at radius 2 is 2.29 bits per heavy atom. The van der Waals surface area contributed by atoms with Gasteiger partial charge in [0.2, 0.25) is 0 Å². The summed E-state index contributed by atoms with van der Waals surface area (Å²) in [6.45, 7) is 4.14. The predicted octanol–water partition coefficient (Wildman–Crippen LogP) is 1.03. The first-order valence-corrected chi connectivity index (χ1v) is 6.06. The highest BCUT2D eigenvalue weighted by Crippen LogP contribution is 2.26. The van der Waals surface area contributed by atoms with Crippen LogP contribution in [0.4, 0.5) is 0 Å². The molecule has 1 aliphatic heterocycles. The maximum Gasteiger partial charge on any atom is 0.312 e. The molecule has 0 saturated carbocycles. The smallest absolute Gasteiger partial charge is 0.312 e. The highest BCUT2D eigenvalue weighted by atomic mass is 16.6. The summed E-state index contributed by atoms with van der Waals surface area (Å²) in [6, 6.07) is 0. The van der Waals surface area contributed by atoms with Crippen LogP contribution in [0.1, 0.15) is 39.5 Å². The Hall–Kier alpha value is -1.10. The number of ether oxygens (including phenoxy) is 2. The quantitative estimate of drug-likeness (QED) is 0.510. The van der Waals surface area contributed by atoms with Crippen LogP contribution >= 0.6 is 0 Å². The number of hydrogen-bond donors (Lipinski definition) is 1. The van der Waals surface area contributed by atoms with Crippen molar-refractivity contribution in [3.8, 4) is 0 Å². The zero-order valence-corrected chi connectivity index (χ0v) is 10.3. The molecule has 5 nitrogen and oxygen atoms in total. The summed E-state index contributed by atoms with van der Waals surface area (Å²) in [6.07, 6.45) is 1.51. The third kappa shape index (κ3) is 4.00. The van der Waals surface area contributed by atoms with Crippen LogP contribution < -0.4 is 0 Å². The molecule has 1 saturated heterocycles. The van der Waals surface area contributed by atoms with Gasteiger partial charge in [-0.05, 0) is 26.2 Å². The van der Waals surface area contributed by atoms with Gasteiger partial charge in [0.15, 0.2) is 0 Å². The minimum absolute atomic E-state index is 0.0598.